The molecule has 0 saturated carbocycles. The normalized spacial score (nSPS) is 18.5. The summed E-state index contributed by atoms with van der Waals surface area (Å²) >= 11 is 0. The molecule has 0 spiro atoms. The summed E-state index contributed by atoms with van der Waals surface area (Å²) in [5.74, 6) is -0.0698. The highest BCUT2D eigenvalue weighted by Gasteiger charge is 2.30. The van der Waals surface area contributed by atoms with Crippen LogP contribution in [-0.2, 0) is 7.05 Å². The Hall–Kier alpha value is -2.37. The molecule has 6 nitrogen and oxygen atoms in total. The van der Waals surface area contributed by atoms with Crippen LogP contribution in [0.15, 0.2) is 23.1 Å². The van der Waals surface area contributed by atoms with Crippen molar-refractivity contribution in [2.75, 3.05) is 6.54 Å². The summed E-state index contributed by atoms with van der Waals surface area (Å²) in [6, 6.07) is 3.17. The zero-order valence-electron chi connectivity index (χ0n) is 14.5. The van der Waals surface area contributed by atoms with E-state index in [1.54, 1.807) is 19.3 Å². The number of carbonyl (C=O) groups is 1. The second kappa shape index (κ2) is 6.63. The van der Waals surface area contributed by atoms with E-state index in [1.165, 1.54) is 10.6 Å². The molecule has 1 aliphatic rings. The standard InChI is InChI=1S/C18H24N4O2/c1-12-17(13(2)20-19-12)15-7-5-4-6-9-22(15)18(24)14-8-10-21(3)16(23)11-14/h8,10-11,15H,4-7,9H2,1-3H3,(H,19,20). The van der Waals surface area contributed by atoms with Gasteiger partial charge in [-0.25, -0.2) is 0 Å². The van der Waals surface area contributed by atoms with Gasteiger partial charge in [-0.15, -0.1) is 0 Å². The van der Waals surface area contributed by atoms with E-state index in [4.69, 9.17) is 0 Å². The number of aryl methyl sites for hydroxylation is 3. The molecular formula is C18H24N4O2. The first-order valence-electron chi connectivity index (χ1n) is 8.48. The van der Waals surface area contributed by atoms with Crippen molar-refractivity contribution in [3.8, 4) is 0 Å². The maximum Gasteiger partial charge on any atom is 0.254 e. The molecule has 3 heterocycles. The third-order valence-electron chi connectivity index (χ3n) is 4.88. The number of nitrogens with zero attached hydrogens (tertiary/aromatic N) is 3. The summed E-state index contributed by atoms with van der Waals surface area (Å²) in [5, 5.41) is 7.33. The van der Waals surface area contributed by atoms with Crippen LogP contribution in [0.2, 0.25) is 0 Å². The Balaban J connectivity index is 1.99. The van der Waals surface area contributed by atoms with Gasteiger partial charge in [-0.05, 0) is 32.8 Å². The maximum atomic E-state index is 13.1. The first-order valence-corrected chi connectivity index (χ1v) is 8.48. The predicted octanol–water partition coefficient (Wildman–Crippen LogP) is 2.48. The molecule has 6 heteroatoms. The van der Waals surface area contributed by atoms with Crippen molar-refractivity contribution in [2.24, 2.45) is 7.05 Å². The van der Waals surface area contributed by atoms with E-state index in [0.29, 0.717) is 12.1 Å². The molecule has 0 bridgehead atoms. The van der Waals surface area contributed by atoms with E-state index in [2.05, 4.69) is 10.2 Å². The third kappa shape index (κ3) is 3.00. The number of aromatic nitrogens is 3. The summed E-state index contributed by atoms with van der Waals surface area (Å²) in [4.78, 5) is 26.9. The van der Waals surface area contributed by atoms with Crippen LogP contribution in [0.1, 0.15) is 59.0 Å². The van der Waals surface area contributed by atoms with E-state index in [9.17, 15) is 9.59 Å². The molecule has 1 amide bonds. The van der Waals surface area contributed by atoms with E-state index >= 15 is 0 Å². The average Bonchev–Trinajstić information content (AvgIpc) is 2.77. The summed E-state index contributed by atoms with van der Waals surface area (Å²) in [5.41, 5.74) is 3.38. The van der Waals surface area contributed by atoms with Crippen LogP contribution < -0.4 is 5.56 Å². The Morgan fingerprint density at radius 2 is 2.08 bits per heavy atom. The smallest absolute Gasteiger partial charge is 0.254 e. The largest absolute Gasteiger partial charge is 0.331 e. The lowest BCUT2D eigenvalue weighted by molar-refractivity contribution is 0.0679. The third-order valence-corrected chi connectivity index (χ3v) is 4.88. The van der Waals surface area contributed by atoms with Crippen LogP contribution >= 0.6 is 0 Å². The van der Waals surface area contributed by atoms with Crippen LogP contribution in [0.5, 0.6) is 0 Å². The molecule has 0 radical (unpaired) electrons. The number of amides is 1. The van der Waals surface area contributed by atoms with Crippen LogP contribution in [-0.4, -0.2) is 32.1 Å². The van der Waals surface area contributed by atoms with Gasteiger partial charge in [-0.2, -0.15) is 5.10 Å². The number of rotatable bonds is 2. The van der Waals surface area contributed by atoms with Gasteiger partial charge in [0, 0.05) is 42.7 Å². The molecule has 0 aromatic carbocycles. The first-order chi connectivity index (χ1) is 11.5. The van der Waals surface area contributed by atoms with Crippen molar-refractivity contribution < 1.29 is 4.79 Å². The molecule has 2 aromatic heterocycles. The van der Waals surface area contributed by atoms with Crippen molar-refractivity contribution in [3.05, 3.63) is 51.2 Å². The quantitative estimate of drug-likeness (QED) is 0.920. The van der Waals surface area contributed by atoms with Gasteiger partial charge in [-0.1, -0.05) is 12.8 Å². The van der Waals surface area contributed by atoms with Gasteiger partial charge >= 0.3 is 0 Å². The Labute approximate surface area is 141 Å². The second-order valence-electron chi connectivity index (χ2n) is 6.58. The van der Waals surface area contributed by atoms with Crippen molar-refractivity contribution in [1.82, 2.24) is 19.7 Å². The number of pyridine rings is 1. The predicted molar refractivity (Wildman–Crippen MR) is 92.0 cm³/mol. The minimum Gasteiger partial charge on any atom is -0.331 e. The fourth-order valence-electron chi connectivity index (χ4n) is 3.55. The van der Waals surface area contributed by atoms with Crippen LogP contribution in [0.25, 0.3) is 0 Å². The van der Waals surface area contributed by atoms with E-state index < -0.39 is 0 Å². The number of likely N-dealkylation sites (tertiary alicyclic amines) is 1. The fourth-order valence-corrected chi connectivity index (χ4v) is 3.55. The van der Waals surface area contributed by atoms with Gasteiger partial charge in [0.2, 0.25) is 0 Å². The van der Waals surface area contributed by atoms with Crippen molar-refractivity contribution >= 4 is 5.91 Å². The Kier molecular flexibility index (Phi) is 4.55. The van der Waals surface area contributed by atoms with Gasteiger partial charge in [0.1, 0.15) is 0 Å². The van der Waals surface area contributed by atoms with Crippen molar-refractivity contribution in [2.45, 2.75) is 45.6 Å². The highest BCUT2D eigenvalue weighted by atomic mass is 16.2. The van der Waals surface area contributed by atoms with Gasteiger partial charge in [0.15, 0.2) is 0 Å². The topological polar surface area (TPSA) is 71.0 Å². The SMILES string of the molecule is Cc1n[nH]c(C)c1C1CCCCCN1C(=O)c1ccn(C)c(=O)c1. The fraction of sp³-hybridized carbons (Fsp3) is 0.500. The number of H-pyrrole nitrogens is 1. The molecule has 0 aliphatic carbocycles. The number of hydrogen-bond donors (Lipinski definition) is 1. The highest BCUT2D eigenvalue weighted by Crippen LogP contribution is 2.34. The number of aromatic amines is 1. The van der Waals surface area contributed by atoms with E-state index in [1.807, 2.05) is 18.7 Å². The molecule has 128 valence electrons. The molecule has 24 heavy (non-hydrogen) atoms. The van der Waals surface area contributed by atoms with Gasteiger partial charge in [0.05, 0.1) is 11.7 Å². The molecule has 1 aliphatic heterocycles. The number of nitrogens with one attached hydrogen (secondary N) is 1. The minimum absolute atomic E-state index is 0.0165. The lowest BCUT2D eigenvalue weighted by Gasteiger charge is -2.30. The van der Waals surface area contributed by atoms with Crippen molar-refractivity contribution in [1.29, 1.82) is 0 Å². The number of carbonyl (C=O) groups excluding carboxylic acids is 1. The summed E-state index contributed by atoms with van der Waals surface area (Å²) in [6.07, 6.45) is 5.78. The molecule has 1 unspecified atom stereocenters. The highest BCUT2D eigenvalue weighted by molar-refractivity contribution is 5.94. The Morgan fingerprint density at radius 3 is 2.75 bits per heavy atom. The van der Waals surface area contributed by atoms with Gasteiger partial charge < -0.3 is 9.47 Å². The summed E-state index contributed by atoms with van der Waals surface area (Å²) in [6.45, 7) is 4.69. The van der Waals surface area contributed by atoms with Crippen LogP contribution in [0.3, 0.4) is 0 Å². The molecular weight excluding hydrogens is 304 g/mol. The molecule has 1 saturated heterocycles. The molecule has 1 fully saturated rings. The van der Waals surface area contributed by atoms with Crippen molar-refractivity contribution in [3.63, 3.8) is 0 Å². The zero-order chi connectivity index (χ0) is 17.3. The second-order valence-corrected chi connectivity index (χ2v) is 6.58. The van der Waals surface area contributed by atoms with E-state index in [0.717, 1.165) is 42.6 Å². The maximum absolute atomic E-state index is 13.1. The van der Waals surface area contributed by atoms with Crippen LogP contribution in [0, 0.1) is 13.8 Å². The lowest BCUT2D eigenvalue weighted by atomic mass is 9.98. The Bertz CT molecular complexity index is 786. The van der Waals surface area contributed by atoms with Crippen LogP contribution in [0.4, 0.5) is 0 Å². The molecule has 2 aromatic rings. The zero-order valence-corrected chi connectivity index (χ0v) is 14.5. The van der Waals surface area contributed by atoms with Gasteiger partial charge in [-0.3, -0.25) is 14.7 Å². The number of hydrogen-bond acceptors (Lipinski definition) is 3. The average molecular weight is 328 g/mol. The van der Waals surface area contributed by atoms with Gasteiger partial charge in [0.25, 0.3) is 11.5 Å². The Morgan fingerprint density at radius 1 is 1.29 bits per heavy atom. The minimum atomic E-state index is -0.164. The molecule has 1 atom stereocenters. The molecule has 1 N–H and O–H groups in total. The summed E-state index contributed by atoms with van der Waals surface area (Å²) in [7, 11) is 1.68. The summed E-state index contributed by atoms with van der Waals surface area (Å²) < 4.78 is 1.47. The lowest BCUT2D eigenvalue weighted by Crippen LogP contribution is -2.36. The molecule has 3 rings (SSSR count). The first kappa shape index (κ1) is 16.5. The monoisotopic (exact) mass is 328 g/mol. The van der Waals surface area contributed by atoms with E-state index in [-0.39, 0.29) is 17.5 Å².